The van der Waals surface area contributed by atoms with E-state index in [4.69, 9.17) is 10.1 Å². The van der Waals surface area contributed by atoms with Gasteiger partial charge >= 0.3 is 0 Å². The molecule has 0 spiro atoms. The van der Waals surface area contributed by atoms with Crippen molar-refractivity contribution in [2.24, 2.45) is 5.92 Å². The lowest BCUT2D eigenvalue weighted by molar-refractivity contribution is -0.130. The molecule has 136 valence electrons. The van der Waals surface area contributed by atoms with E-state index in [2.05, 4.69) is 29.3 Å². The first-order valence-corrected chi connectivity index (χ1v) is 8.90. The lowest BCUT2D eigenvalue weighted by Gasteiger charge is -2.47. The number of ether oxygens (including phenoxy) is 1. The maximum Gasteiger partial charge on any atom is 0.231 e. The van der Waals surface area contributed by atoms with Gasteiger partial charge < -0.3 is 10.1 Å². The molecular formula is C19H28N4O2. The molecule has 6 nitrogen and oxygen atoms in total. The number of hydrogen-bond donors (Lipinski definition) is 2. The number of benzene rings is 1. The maximum absolute atomic E-state index is 12.2. The summed E-state index contributed by atoms with van der Waals surface area (Å²) in [6, 6.07) is 8.19. The Hall–Kier alpha value is -2.08. The molecule has 2 fully saturated rings. The number of likely N-dealkylation sites (tertiary alicyclic amines) is 1. The number of carbonyl (C=O) groups is 1. The second-order valence-electron chi connectivity index (χ2n) is 7.45. The number of carbonyl (C=O) groups excluding carboxylic acids is 1. The van der Waals surface area contributed by atoms with Crippen LogP contribution in [0.5, 0.6) is 5.75 Å². The van der Waals surface area contributed by atoms with E-state index >= 15 is 0 Å². The highest BCUT2D eigenvalue weighted by Gasteiger charge is 2.43. The maximum atomic E-state index is 12.2. The van der Waals surface area contributed by atoms with Crippen molar-refractivity contribution in [2.75, 3.05) is 27.2 Å². The summed E-state index contributed by atoms with van der Waals surface area (Å²) in [7, 11) is 3.35. The Balaban J connectivity index is 1.68. The van der Waals surface area contributed by atoms with Gasteiger partial charge in [0.25, 0.3) is 0 Å². The van der Waals surface area contributed by atoms with Gasteiger partial charge in [0.2, 0.25) is 5.91 Å². The highest BCUT2D eigenvalue weighted by molar-refractivity contribution is 5.98. The van der Waals surface area contributed by atoms with Crippen molar-refractivity contribution in [2.45, 2.75) is 38.3 Å². The van der Waals surface area contributed by atoms with Crippen LogP contribution in [0.15, 0.2) is 24.3 Å². The highest BCUT2D eigenvalue weighted by Crippen LogP contribution is 2.33. The predicted octanol–water partition coefficient (Wildman–Crippen LogP) is 2.05. The quantitative estimate of drug-likeness (QED) is 0.877. The normalized spacial score (nSPS) is 28.0. The fourth-order valence-corrected chi connectivity index (χ4v) is 3.95. The van der Waals surface area contributed by atoms with Gasteiger partial charge in [0.1, 0.15) is 5.75 Å². The molecule has 0 aromatic heterocycles. The van der Waals surface area contributed by atoms with Gasteiger partial charge in [0.15, 0.2) is 5.96 Å². The Bertz CT molecular complexity index is 643. The lowest BCUT2D eigenvalue weighted by atomic mass is 9.76. The zero-order valence-electron chi connectivity index (χ0n) is 15.3. The van der Waals surface area contributed by atoms with Gasteiger partial charge in [-0.25, -0.2) is 0 Å². The molecule has 25 heavy (non-hydrogen) atoms. The first kappa shape index (κ1) is 17.7. The van der Waals surface area contributed by atoms with E-state index in [1.54, 1.807) is 14.2 Å². The summed E-state index contributed by atoms with van der Waals surface area (Å²) in [6.07, 6.45) is 2.65. The highest BCUT2D eigenvalue weighted by atomic mass is 16.5. The molecule has 6 heteroatoms. The Morgan fingerprint density at radius 1 is 1.44 bits per heavy atom. The van der Waals surface area contributed by atoms with Gasteiger partial charge in [0, 0.05) is 20.1 Å². The van der Waals surface area contributed by atoms with Crippen molar-refractivity contribution in [3.05, 3.63) is 29.8 Å². The largest absolute Gasteiger partial charge is 0.497 e. The average Bonchev–Trinajstić information content (AvgIpc) is 2.60. The molecule has 2 heterocycles. The monoisotopic (exact) mass is 344 g/mol. The van der Waals surface area contributed by atoms with Gasteiger partial charge in [-0.15, -0.1) is 0 Å². The van der Waals surface area contributed by atoms with Crippen LogP contribution in [0.2, 0.25) is 0 Å². The molecular weight excluding hydrogens is 316 g/mol. The molecule has 3 rings (SSSR count). The van der Waals surface area contributed by atoms with Crippen LogP contribution in [-0.4, -0.2) is 54.5 Å². The summed E-state index contributed by atoms with van der Waals surface area (Å²) in [5.74, 6) is 1.47. The molecule has 2 saturated heterocycles. The summed E-state index contributed by atoms with van der Waals surface area (Å²) in [4.78, 5) is 16.1. The molecule has 1 aromatic rings. The molecule has 0 bridgehead atoms. The van der Waals surface area contributed by atoms with Crippen LogP contribution in [0.25, 0.3) is 0 Å². The van der Waals surface area contributed by atoms with Crippen LogP contribution in [0.3, 0.4) is 0 Å². The molecule has 2 aliphatic heterocycles. The van der Waals surface area contributed by atoms with Crippen LogP contribution in [-0.2, 0) is 11.3 Å². The van der Waals surface area contributed by atoms with Gasteiger partial charge in [-0.05, 0) is 49.9 Å². The first-order valence-electron chi connectivity index (χ1n) is 8.90. The minimum absolute atomic E-state index is 0.0242. The topological polar surface area (TPSA) is 68.7 Å². The van der Waals surface area contributed by atoms with Gasteiger partial charge in [-0.2, -0.15) is 0 Å². The number of amides is 1. The molecule has 0 saturated carbocycles. The third kappa shape index (κ3) is 3.79. The SMILES string of the molecule is COc1cccc(CN2CCCC([C@]3(C)CC(=O)N(C)C(=N)N3)C2)c1. The molecule has 1 amide bonds. The fraction of sp³-hybridized carbons (Fsp3) is 0.579. The summed E-state index contributed by atoms with van der Waals surface area (Å²) in [5, 5.41) is 11.3. The van der Waals surface area contributed by atoms with E-state index in [-0.39, 0.29) is 17.4 Å². The molecule has 0 aliphatic carbocycles. The van der Waals surface area contributed by atoms with Gasteiger partial charge in [-0.1, -0.05) is 12.1 Å². The molecule has 2 atom stereocenters. The number of piperidine rings is 1. The summed E-state index contributed by atoms with van der Waals surface area (Å²) in [6.45, 7) is 4.97. The van der Waals surface area contributed by atoms with Crippen LogP contribution in [0.4, 0.5) is 0 Å². The number of rotatable bonds is 4. The second-order valence-corrected chi connectivity index (χ2v) is 7.45. The molecule has 1 unspecified atom stereocenters. The summed E-state index contributed by atoms with van der Waals surface area (Å²) in [5.41, 5.74) is 0.901. The Morgan fingerprint density at radius 2 is 2.24 bits per heavy atom. The lowest BCUT2D eigenvalue weighted by Crippen LogP contribution is -2.64. The van der Waals surface area contributed by atoms with Crippen molar-refractivity contribution < 1.29 is 9.53 Å². The third-order valence-corrected chi connectivity index (χ3v) is 5.58. The van der Waals surface area contributed by atoms with Crippen molar-refractivity contribution in [3.8, 4) is 5.75 Å². The van der Waals surface area contributed by atoms with Gasteiger partial charge in [0.05, 0.1) is 19.1 Å². The standard InChI is InChI=1S/C19H28N4O2/c1-19(11-17(24)22(2)18(20)21-19)15-7-5-9-23(13-15)12-14-6-4-8-16(10-14)25-3/h4,6,8,10,15H,5,7,9,11-13H2,1-3H3,(H2,20,21)/t15?,19-/m0/s1. The molecule has 2 aliphatic rings. The van der Waals surface area contributed by atoms with Crippen LogP contribution >= 0.6 is 0 Å². The molecule has 0 radical (unpaired) electrons. The van der Waals surface area contributed by atoms with E-state index in [1.165, 1.54) is 10.5 Å². The van der Waals surface area contributed by atoms with Crippen molar-refractivity contribution in [3.63, 3.8) is 0 Å². The minimum Gasteiger partial charge on any atom is -0.497 e. The van der Waals surface area contributed by atoms with Crippen LogP contribution in [0, 0.1) is 11.3 Å². The number of methoxy groups -OCH3 is 1. The van der Waals surface area contributed by atoms with Crippen molar-refractivity contribution in [1.29, 1.82) is 5.41 Å². The third-order valence-electron chi connectivity index (χ3n) is 5.58. The summed E-state index contributed by atoms with van der Waals surface area (Å²) < 4.78 is 5.32. The van der Waals surface area contributed by atoms with E-state index < -0.39 is 0 Å². The van der Waals surface area contributed by atoms with E-state index in [0.717, 1.165) is 38.2 Å². The number of hydrogen-bond acceptors (Lipinski definition) is 4. The smallest absolute Gasteiger partial charge is 0.231 e. The summed E-state index contributed by atoms with van der Waals surface area (Å²) >= 11 is 0. The molecule has 1 aromatic carbocycles. The van der Waals surface area contributed by atoms with E-state index in [0.29, 0.717) is 12.3 Å². The minimum atomic E-state index is -0.340. The van der Waals surface area contributed by atoms with E-state index in [9.17, 15) is 4.79 Å². The molecule has 2 N–H and O–H groups in total. The zero-order chi connectivity index (χ0) is 18.0. The number of guanidine groups is 1. The predicted molar refractivity (Wildman–Crippen MR) is 97.6 cm³/mol. The second kappa shape index (κ2) is 7.04. The van der Waals surface area contributed by atoms with E-state index in [1.807, 2.05) is 12.1 Å². The Kier molecular flexibility index (Phi) is 4.99. The van der Waals surface area contributed by atoms with Crippen molar-refractivity contribution in [1.82, 2.24) is 15.1 Å². The first-order chi connectivity index (χ1) is 11.9. The Morgan fingerprint density at radius 3 is 2.96 bits per heavy atom. The zero-order valence-corrected chi connectivity index (χ0v) is 15.3. The average molecular weight is 344 g/mol. The van der Waals surface area contributed by atoms with Gasteiger partial charge in [-0.3, -0.25) is 20.0 Å². The fourth-order valence-electron chi connectivity index (χ4n) is 3.95. The Labute approximate surface area is 149 Å². The number of nitrogens with one attached hydrogen (secondary N) is 2. The van der Waals surface area contributed by atoms with Crippen LogP contribution < -0.4 is 10.1 Å². The van der Waals surface area contributed by atoms with Crippen LogP contribution in [0.1, 0.15) is 31.7 Å². The van der Waals surface area contributed by atoms with Crippen molar-refractivity contribution >= 4 is 11.9 Å². The number of nitrogens with zero attached hydrogens (tertiary/aromatic N) is 2.